The molecule has 0 aromatic carbocycles. The van der Waals surface area contributed by atoms with Crippen LogP contribution in [0.15, 0.2) is 0 Å². The lowest BCUT2D eigenvalue weighted by Gasteiger charge is -2.11. The molecule has 0 unspecified atom stereocenters. The van der Waals surface area contributed by atoms with E-state index in [2.05, 4.69) is 24.8 Å². The van der Waals surface area contributed by atoms with Gasteiger partial charge in [0.05, 0.1) is 7.11 Å². The molecule has 0 aliphatic carbocycles. The van der Waals surface area contributed by atoms with E-state index in [1.54, 1.807) is 14.0 Å². The average Bonchev–Trinajstić information content (AvgIpc) is 2.67. The van der Waals surface area contributed by atoms with E-state index in [-0.39, 0.29) is 11.6 Å². The van der Waals surface area contributed by atoms with E-state index in [0.29, 0.717) is 5.82 Å². The lowest BCUT2D eigenvalue weighted by molar-refractivity contribution is -0.142. The Bertz CT molecular complexity index is 632. The zero-order chi connectivity index (χ0) is 15.1. The highest BCUT2D eigenvalue weighted by atomic mass is 19.4. The monoisotopic (exact) mass is 291 g/mol. The molecular formula is C10H9F4N5O. The standard InChI is InChI=1S/C10H9F4N5O/c1-4-15-8(18-19(4)2)7-16-6(11)5(10(12,13)14)9(17-7)20-3/h1-3H3. The van der Waals surface area contributed by atoms with Crippen LogP contribution in [0.5, 0.6) is 5.88 Å². The largest absolute Gasteiger partial charge is 0.480 e. The molecular weight excluding hydrogens is 282 g/mol. The highest BCUT2D eigenvalue weighted by Crippen LogP contribution is 2.37. The van der Waals surface area contributed by atoms with Gasteiger partial charge >= 0.3 is 6.18 Å². The Morgan fingerprint density at radius 2 is 1.75 bits per heavy atom. The van der Waals surface area contributed by atoms with Gasteiger partial charge in [-0.3, -0.25) is 4.68 Å². The highest BCUT2D eigenvalue weighted by Gasteiger charge is 2.40. The average molecular weight is 291 g/mol. The Morgan fingerprint density at radius 1 is 1.10 bits per heavy atom. The van der Waals surface area contributed by atoms with Gasteiger partial charge in [0.1, 0.15) is 5.82 Å². The number of aromatic nitrogens is 5. The van der Waals surface area contributed by atoms with E-state index in [0.717, 1.165) is 7.11 Å². The number of hydrogen-bond acceptors (Lipinski definition) is 5. The Balaban J connectivity index is 2.61. The molecule has 0 radical (unpaired) electrons. The molecule has 0 saturated heterocycles. The van der Waals surface area contributed by atoms with Crippen LogP contribution in [0, 0.1) is 12.9 Å². The maximum absolute atomic E-state index is 13.6. The third kappa shape index (κ3) is 2.40. The maximum Gasteiger partial charge on any atom is 0.426 e. The fourth-order valence-corrected chi connectivity index (χ4v) is 1.46. The van der Waals surface area contributed by atoms with Crippen LogP contribution in [0.3, 0.4) is 0 Å². The predicted molar refractivity (Wildman–Crippen MR) is 58.3 cm³/mol. The molecule has 2 aromatic heterocycles. The first-order chi connectivity index (χ1) is 9.24. The van der Waals surface area contributed by atoms with Crippen LogP contribution in [0.1, 0.15) is 11.4 Å². The molecule has 0 fully saturated rings. The molecule has 10 heteroatoms. The minimum absolute atomic E-state index is 0.0871. The van der Waals surface area contributed by atoms with Gasteiger partial charge in [-0.05, 0) is 6.92 Å². The minimum Gasteiger partial charge on any atom is -0.480 e. The Labute approximate surface area is 110 Å². The smallest absolute Gasteiger partial charge is 0.426 e. The zero-order valence-corrected chi connectivity index (χ0v) is 10.7. The SMILES string of the molecule is COc1nc(-c2nc(C)n(C)n2)nc(F)c1C(F)(F)F. The first-order valence-electron chi connectivity index (χ1n) is 5.30. The van der Waals surface area contributed by atoms with Crippen molar-refractivity contribution >= 4 is 0 Å². The highest BCUT2D eigenvalue weighted by molar-refractivity contribution is 5.45. The van der Waals surface area contributed by atoms with E-state index in [4.69, 9.17) is 0 Å². The topological polar surface area (TPSA) is 65.7 Å². The molecule has 20 heavy (non-hydrogen) atoms. The van der Waals surface area contributed by atoms with Crippen molar-refractivity contribution in [3.8, 4) is 17.5 Å². The number of ether oxygens (including phenoxy) is 1. The molecule has 0 N–H and O–H groups in total. The second-order valence-corrected chi connectivity index (χ2v) is 3.83. The van der Waals surface area contributed by atoms with Crippen LogP contribution in [0.4, 0.5) is 17.6 Å². The van der Waals surface area contributed by atoms with Crippen molar-refractivity contribution < 1.29 is 22.3 Å². The van der Waals surface area contributed by atoms with Crippen LogP contribution in [-0.4, -0.2) is 31.8 Å². The number of hydrogen-bond donors (Lipinski definition) is 0. The van der Waals surface area contributed by atoms with Gasteiger partial charge in [-0.15, -0.1) is 5.10 Å². The number of nitrogens with zero attached hydrogens (tertiary/aromatic N) is 5. The summed E-state index contributed by atoms with van der Waals surface area (Å²) in [5.41, 5.74) is -1.66. The van der Waals surface area contributed by atoms with Gasteiger partial charge in [0.25, 0.3) is 0 Å². The lowest BCUT2D eigenvalue weighted by Crippen LogP contribution is -2.14. The second kappa shape index (κ2) is 4.69. The molecule has 0 spiro atoms. The number of alkyl halides is 3. The van der Waals surface area contributed by atoms with Gasteiger partial charge in [-0.1, -0.05) is 0 Å². The van der Waals surface area contributed by atoms with E-state index in [1.165, 1.54) is 4.68 Å². The summed E-state index contributed by atoms with van der Waals surface area (Å²) in [6.45, 7) is 1.62. The fraction of sp³-hybridized carbons (Fsp3) is 0.400. The normalized spacial score (nSPS) is 11.8. The van der Waals surface area contributed by atoms with Gasteiger partial charge < -0.3 is 4.74 Å². The van der Waals surface area contributed by atoms with Crippen LogP contribution in [0.25, 0.3) is 11.6 Å². The fourth-order valence-electron chi connectivity index (χ4n) is 1.46. The quantitative estimate of drug-likeness (QED) is 0.623. The van der Waals surface area contributed by atoms with Gasteiger partial charge in [-0.25, -0.2) is 4.98 Å². The Hall–Kier alpha value is -2.26. The van der Waals surface area contributed by atoms with Crippen molar-refractivity contribution in [3.05, 3.63) is 17.3 Å². The van der Waals surface area contributed by atoms with Crippen molar-refractivity contribution in [1.82, 2.24) is 24.7 Å². The van der Waals surface area contributed by atoms with Crippen molar-refractivity contribution in [3.63, 3.8) is 0 Å². The van der Waals surface area contributed by atoms with Crippen LogP contribution < -0.4 is 4.74 Å². The maximum atomic E-state index is 13.6. The molecule has 0 aliphatic heterocycles. The number of methoxy groups -OCH3 is 1. The predicted octanol–water partition coefficient (Wildman–Crippen LogP) is 1.75. The summed E-state index contributed by atoms with van der Waals surface area (Å²) in [5, 5.41) is 3.87. The van der Waals surface area contributed by atoms with Crippen molar-refractivity contribution in [2.24, 2.45) is 7.05 Å². The number of rotatable bonds is 2. The summed E-state index contributed by atoms with van der Waals surface area (Å²) in [4.78, 5) is 10.6. The first kappa shape index (κ1) is 14.2. The van der Waals surface area contributed by atoms with Crippen molar-refractivity contribution in [2.75, 3.05) is 7.11 Å². The first-order valence-corrected chi connectivity index (χ1v) is 5.30. The molecule has 0 atom stereocenters. The minimum atomic E-state index is -4.96. The molecule has 2 aromatic rings. The summed E-state index contributed by atoms with van der Waals surface area (Å²) < 4.78 is 57.4. The van der Waals surface area contributed by atoms with Gasteiger partial charge in [0.2, 0.25) is 23.5 Å². The lowest BCUT2D eigenvalue weighted by atomic mass is 10.3. The van der Waals surface area contributed by atoms with Gasteiger partial charge in [0.15, 0.2) is 5.56 Å². The molecule has 0 amide bonds. The summed E-state index contributed by atoms with van der Waals surface area (Å²) >= 11 is 0. The van der Waals surface area contributed by atoms with E-state index >= 15 is 0 Å². The van der Waals surface area contributed by atoms with Crippen molar-refractivity contribution in [2.45, 2.75) is 13.1 Å². The molecule has 0 aliphatic rings. The molecule has 2 rings (SSSR count). The van der Waals surface area contributed by atoms with E-state index in [9.17, 15) is 17.6 Å². The Morgan fingerprint density at radius 3 is 2.20 bits per heavy atom. The third-order valence-electron chi connectivity index (χ3n) is 2.49. The number of halogens is 4. The van der Waals surface area contributed by atoms with Gasteiger partial charge in [0, 0.05) is 7.05 Å². The third-order valence-corrected chi connectivity index (χ3v) is 2.49. The van der Waals surface area contributed by atoms with Crippen LogP contribution in [0.2, 0.25) is 0 Å². The summed E-state index contributed by atoms with van der Waals surface area (Å²) in [6.07, 6.45) is -4.96. The summed E-state index contributed by atoms with van der Waals surface area (Å²) in [6, 6.07) is 0. The Kier molecular flexibility index (Phi) is 3.32. The second-order valence-electron chi connectivity index (χ2n) is 3.83. The summed E-state index contributed by atoms with van der Waals surface area (Å²) in [7, 11) is 2.53. The van der Waals surface area contributed by atoms with Crippen LogP contribution in [-0.2, 0) is 13.2 Å². The molecule has 2 heterocycles. The van der Waals surface area contributed by atoms with Crippen LogP contribution >= 0.6 is 0 Å². The molecule has 108 valence electrons. The molecule has 0 bridgehead atoms. The van der Waals surface area contributed by atoms with E-state index < -0.39 is 23.6 Å². The van der Waals surface area contributed by atoms with E-state index in [1.807, 2.05) is 0 Å². The zero-order valence-electron chi connectivity index (χ0n) is 10.7. The van der Waals surface area contributed by atoms with Gasteiger partial charge in [-0.2, -0.15) is 27.5 Å². The summed E-state index contributed by atoms with van der Waals surface area (Å²) in [5.74, 6) is -2.63. The molecule has 0 saturated carbocycles. The molecule has 6 nitrogen and oxygen atoms in total. The number of aryl methyl sites for hydroxylation is 2. The van der Waals surface area contributed by atoms with Crippen molar-refractivity contribution in [1.29, 1.82) is 0 Å².